The van der Waals surface area contributed by atoms with Crippen LogP contribution >= 0.6 is 11.6 Å². The van der Waals surface area contributed by atoms with E-state index in [0.29, 0.717) is 23.7 Å². The molecule has 2 aromatic rings. The fourth-order valence-electron chi connectivity index (χ4n) is 4.14. The summed E-state index contributed by atoms with van der Waals surface area (Å²) in [6.45, 7) is 0.319. The van der Waals surface area contributed by atoms with Crippen molar-refractivity contribution in [3.63, 3.8) is 0 Å². The lowest BCUT2D eigenvalue weighted by Crippen LogP contribution is -2.49. The van der Waals surface area contributed by atoms with Crippen LogP contribution in [0.5, 0.6) is 11.5 Å². The van der Waals surface area contributed by atoms with Crippen molar-refractivity contribution < 1.29 is 32.5 Å². The zero-order valence-electron chi connectivity index (χ0n) is 19.3. The third-order valence-corrected chi connectivity index (χ3v) is 6.17. The molecule has 0 bridgehead atoms. The molecule has 0 aromatic heterocycles. The summed E-state index contributed by atoms with van der Waals surface area (Å²) in [4.78, 5) is 15.0. The van der Waals surface area contributed by atoms with E-state index >= 15 is 0 Å². The second-order valence-electron chi connectivity index (χ2n) is 8.56. The Hall–Kier alpha value is -3.31. The third-order valence-electron chi connectivity index (χ3n) is 5.92. The van der Waals surface area contributed by atoms with Gasteiger partial charge in [-0.2, -0.15) is 0 Å². The molecule has 12 heteroatoms. The maximum absolute atomic E-state index is 13.3. The molecule has 1 unspecified atom stereocenters. The van der Waals surface area contributed by atoms with Crippen molar-refractivity contribution in [2.24, 2.45) is 5.92 Å². The van der Waals surface area contributed by atoms with E-state index in [4.69, 9.17) is 16.3 Å². The molecule has 2 aliphatic rings. The first-order valence-corrected chi connectivity index (χ1v) is 11.7. The monoisotopic (exact) mass is 526 g/mol. The maximum Gasteiger partial charge on any atom is 0.573 e. The van der Waals surface area contributed by atoms with Gasteiger partial charge in [0.05, 0.1) is 0 Å². The lowest BCUT2D eigenvalue weighted by atomic mass is 9.81. The molecule has 0 saturated heterocycles. The molecule has 8 nitrogen and oxygen atoms in total. The molecule has 1 amide bonds. The first kappa shape index (κ1) is 25.8. The van der Waals surface area contributed by atoms with E-state index in [1.54, 1.807) is 24.1 Å². The molecule has 1 atom stereocenters. The van der Waals surface area contributed by atoms with Crippen molar-refractivity contribution in [1.82, 2.24) is 20.9 Å². The number of halogens is 4. The molecule has 0 radical (unpaired) electrons. The van der Waals surface area contributed by atoms with Crippen LogP contribution in [0, 0.1) is 5.92 Å². The highest BCUT2D eigenvalue weighted by Gasteiger charge is 2.39. The van der Waals surface area contributed by atoms with Gasteiger partial charge in [0.2, 0.25) is 0 Å². The lowest BCUT2D eigenvalue weighted by Gasteiger charge is -2.35. The maximum atomic E-state index is 13.3. The Balaban J connectivity index is 1.57. The predicted octanol–water partition coefficient (Wildman–Crippen LogP) is 3.28. The first-order valence-electron chi connectivity index (χ1n) is 11.3. The molecule has 4 N–H and O–H groups in total. The van der Waals surface area contributed by atoms with E-state index in [2.05, 4.69) is 20.7 Å². The Morgan fingerprint density at radius 3 is 2.53 bits per heavy atom. The number of nitrogens with zero attached hydrogens (tertiary/aromatic N) is 1. The second-order valence-corrected chi connectivity index (χ2v) is 8.99. The van der Waals surface area contributed by atoms with E-state index in [0.717, 1.165) is 11.6 Å². The minimum Gasteiger partial charge on any atom is -0.452 e. The number of carbonyl (C=O) groups excluding carboxylic acids is 1. The summed E-state index contributed by atoms with van der Waals surface area (Å²) < 4.78 is 48.0. The molecule has 2 aromatic carbocycles. The van der Waals surface area contributed by atoms with Gasteiger partial charge in [0.15, 0.2) is 0 Å². The molecular weight excluding hydrogens is 501 g/mol. The van der Waals surface area contributed by atoms with Crippen molar-refractivity contribution >= 4 is 17.5 Å². The van der Waals surface area contributed by atoms with Gasteiger partial charge in [0.1, 0.15) is 23.0 Å². The minimum atomic E-state index is -4.84. The second kappa shape index (κ2) is 10.8. The average Bonchev–Trinajstić information content (AvgIpc) is 3.13. The number of ether oxygens (including phenoxy) is 2. The number of benzene rings is 2. The highest BCUT2D eigenvalue weighted by atomic mass is 35.5. The van der Waals surface area contributed by atoms with Gasteiger partial charge in [0, 0.05) is 37.3 Å². The quantitative estimate of drug-likeness (QED) is 0.398. The van der Waals surface area contributed by atoms with Crippen LogP contribution < -0.4 is 25.4 Å². The zero-order valence-corrected chi connectivity index (χ0v) is 20.1. The molecule has 1 saturated carbocycles. The van der Waals surface area contributed by atoms with Crippen molar-refractivity contribution in [2.45, 2.75) is 38.1 Å². The Morgan fingerprint density at radius 1 is 1.19 bits per heavy atom. The number of hydrogen-bond donors (Lipinski definition) is 4. The number of alkyl halides is 3. The van der Waals surface area contributed by atoms with Crippen LogP contribution in [-0.2, 0) is 11.3 Å². The number of carbonyl (C=O) groups is 1. The molecule has 1 aliphatic carbocycles. The van der Waals surface area contributed by atoms with E-state index in [1.807, 2.05) is 12.1 Å². The number of nitrogens with one attached hydrogen (secondary N) is 3. The highest BCUT2D eigenvalue weighted by Crippen LogP contribution is 2.31. The van der Waals surface area contributed by atoms with Crippen LogP contribution in [-0.4, -0.2) is 48.3 Å². The molecule has 1 heterocycles. The largest absolute Gasteiger partial charge is 0.573 e. The Morgan fingerprint density at radius 2 is 1.89 bits per heavy atom. The number of aliphatic hydroxyl groups is 1. The summed E-state index contributed by atoms with van der Waals surface area (Å²) in [5.74, 6) is -0.0977. The Bertz CT molecular complexity index is 1110. The van der Waals surface area contributed by atoms with E-state index in [-0.39, 0.29) is 42.5 Å². The molecule has 194 valence electrons. The topological polar surface area (TPSA) is 95.1 Å². The summed E-state index contributed by atoms with van der Waals surface area (Å²) in [7, 11) is 1.64. The van der Waals surface area contributed by atoms with Gasteiger partial charge in [-0.05, 0) is 48.6 Å². The summed E-state index contributed by atoms with van der Waals surface area (Å²) in [6, 6.07) is 12.2. The molecule has 1 aliphatic heterocycles. The van der Waals surface area contributed by atoms with Gasteiger partial charge in [-0.3, -0.25) is 4.79 Å². The molecule has 4 rings (SSSR count). The summed E-state index contributed by atoms with van der Waals surface area (Å²) >= 11 is 6.01. The molecule has 36 heavy (non-hydrogen) atoms. The molecule has 1 fully saturated rings. The van der Waals surface area contributed by atoms with Crippen LogP contribution in [0.3, 0.4) is 0 Å². The number of amides is 1. The van der Waals surface area contributed by atoms with Crippen molar-refractivity contribution in [3.05, 3.63) is 70.6 Å². The van der Waals surface area contributed by atoms with Crippen molar-refractivity contribution in [1.29, 1.82) is 0 Å². The van der Waals surface area contributed by atoms with Crippen LogP contribution in [0.4, 0.5) is 13.2 Å². The Kier molecular flexibility index (Phi) is 7.70. The average molecular weight is 527 g/mol. The van der Waals surface area contributed by atoms with Gasteiger partial charge < -0.3 is 35.4 Å². The highest BCUT2D eigenvalue weighted by molar-refractivity contribution is 6.30. The van der Waals surface area contributed by atoms with Crippen molar-refractivity contribution in [3.8, 4) is 11.5 Å². The van der Waals surface area contributed by atoms with Crippen LogP contribution in [0.15, 0.2) is 60.0 Å². The molecule has 0 spiro atoms. The van der Waals surface area contributed by atoms with Crippen molar-refractivity contribution in [2.75, 3.05) is 13.7 Å². The van der Waals surface area contributed by atoms with E-state index in [1.165, 1.54) is 18.2 Å². The van der Waals surface area contributed by atoms with Gasteiger partial charge in [-0.1, -0.05) is 29.8 Å². The SMILES string of the molecule is CNC1=C(C(=O)NC2CC(CO)C2)N(Cc2ccc(Cl)cc2)C(Oc2cccc(OC(F)(F)F)c2)N1. The number of aliphatic hydroxyl groups excluding tert-OH is 1. The smallest absolute Gasteiger partial charge is 0.452 e. The fraction of sp³-hybridized carbons (Fsp3) is 0.375. The predicted molar refractivity (Wildman–Crippen MR) is 125 cm³/mol. The number of hydrogen-bond acceptors (Lipinski definition) is 7. The van der Waals surface area contributed by atoms with Crippen LogP contribution in [0.25, 0.3) is 0 Å². The number of rotatable bonds is 9. The first-order chi connectivity index (χ1) is 17.1. The Labute approximate surface area is 211 Å². The van der Waals surface area contributed by atoms with E-state index in [9.17, 15) is 23.1 Å². The standard InChI is InChI=1S/C24H26ClF3N4O4/c1-29-21-20(22(34)30-17-9-15(10-17)13-33)32(12-14-5-7-16(25)8-6-14)23(31-21)35-18-3-2-4-19(11-18)36-24(26,27)28/h2-8,11,15,17,23,29,31,33H,9-10,12-13H2,1H3,(H,30,34). The van der Waals surface area contributed by atoms with Gasteiger partial charge in [-0.25, -0.2) is 0 Å². The minimum absolute atomic E-state index is 0.0613. The normalized spacial score (nSPS) is 21.5. The van der Waals surface area contributed by atoms with Gasteiger partial charge in [0.25, 0.3) is 12.3 Å². The summed E-state index contributed by atoms with van der Waals surface area (Å²) in [6.07, 6.45) is -4.40. The van der Waals surface area contributed by atoms with Crippen LogP contribution in [0.1, 0.15) is 18.4 Å². The van der Waals surface area contributed by atoms with E-state index < -0.39 is 18.5 Å². The zero-order chi connectivity index (χ0) is 25.9. The van der Waals surface area contributed by atoms with Crippen LogP contribution in [0.2, 0.25) is 5.02 Å². The fourth-order valence-corrected chi connectivity index (χ4v) is 4.26. The summed E-state index contributed by atoms with van der Waals surface area (Å²) in [5, 5.41) is 18.8. The lowest BCUT2D eigenvalue weighted by molar-refractivity contribution is -0.274. The summed E-state index contributed by atoms with van der Waals surface area (Å²) in [5.41, 5.74) is 1.11. The van der Waals surface area contributed by atoms with Gasteiger partial charge >= 0.3 is 6.36 Å². The third kappa shape index (κ3) is 6.27. The van der Waals surface area contributed by atoms with Gasteiger partial charge in [-0.15, -0.1) is 13.2 Å². The molecular formula is C24H26ClF3N4O4.